The SMILES string of the molecule is CN(CCCC(=O)O)C(=O)CNC(=O)c1cccs1. The molecule has 2 amide bonds. The minimum absolute atomic E-state index is 0.0270. The molecule has 0 radical (unpaired) electrons. The fraction of sp³-hybridized carbons (Fsp3) is 0.417. The van der Waals surface area contributed by atoms with Gasteiger partial charge in [-0.3, -0.25) is 14.4 Å². The van der Waals surface area contributed by atoms with E-state index in [2.05, 4.69) is 5.32 Å². The van der Waals surface area contributed by atoms with E-state index in [9.17, 15) is 14.4 Å². The van der Waals surface area contributed by atoms with E-state index in [-0.39, 0.29) is 24.8 Å². The third-order valence-corrected chi connectivity index (χ3v) is 3.32. The summed E-state index contributed by atoms with van der Waals surface area (Å²) in [5.74, 6) is -1.40. The van der Waals surface area contributed by atoms with Gasteiger partial charge in [-0.15, -0.1) is 11.3 Å². The standard InChI is InChI=1S/C12H16N2O4S/c1-14(6-2-5-11(16)17)10(15)8-13-12(18)9-4-3-7-19-9/h3-4,7H,2,5-6,8H2,1H3,(H,13,18)(H,16,17). The molecule has 1 rings (SSSR count). The van der Waals surface area contributed by atoms with Crippen LogP contribution in [0.2, 0.25) is 0 Å². The van der Waals surface area contributed by atoms with Crippen molar-refractivity contribution >= 4 is 29.1 Å². The number of carboxylic acids is 1. The van der Waals surface area contributed by atoms with Crippen LogP contribution in [-0.4, -0.2) is 47.9 Å². The van der Waals surface area contributed by atoms with Crippen molar-refractivity contribution < 1.29 is 19.5 Å². The maximum absolute atomic E-state index is 11.7. The first kappa shape index (κ1) is 15.2. The first-order valence-electron chi connectivity index (χ1n) is 5.78. The highest BCUT2D eigenvalue weighted by Crippen LogP contribution is 2.07. The Hall–Kier alpha value is -1.89. The van der Waals surface area contributed by atoms with E-state index in [1.54, 1.807) is 24.6 Å². The number of nitrogens with one attached hydrogen (secondary N) is 1. The van der Waals surface area contributed by atoms with Crippen molar-refractivity contribution in [2.45, 2.75) is 12.8 Å². The normalized spacial score (nSPS) is 9.95. The molecule has 7 heteroatoms. The van der Waals surface area contributed by atoms with Crippen molar-refractivity contribution in [3.63, 3.8) is 0 Å². The first-order valence-corrected chi connectivity index (χ1v) is 6.66. The molecule has 0 atom stereocenters. The molecule has 0 saturated heterocycles. The Morgan fingerprint density at radius 3 is 2.74 bits per heavy atom. The third kappa shape index (κ3) is 5.52. The summed E-state index contributed by atoms with van der Waals surface area (Å²) in [6.07, 6.45) is 0.426. The molecule has 1 aromatic heterocycles. The summed E-state index contributed by atoms with van der Waals surface area (Å²) in [4.78, 5) is 35.6. The summed E-state index contributed by atoms with van der Waals surface area (Å²) in [5.41, 5.74) is 0. The lowest BCUT2D eigenvalue weighted by Gasteiger charge is -2.16. The second-order valence-electron chi connectivity index (χ2n) is 3.97. The molecule has 0 bridgehead atoms. The van der Waals surface area contributed by atoms with E-state index in [4.69, 9.17) is 5.11 Å². The fourth-order valence-corrected chi connectivity index (χ4v) is 2.02. The zero-order valence-corrected chi connectivity index (χ0v) is 11.4. The van der Waals surface area contributed by atoms with E-state index in [1.807, 2.05) is 0 Å². The van der Waals surface area contributed by atoms with Crippen molar-refractivity contribution in [3.8, 4) is 0 Å². The van der Waals surface area contributed by atoms with Gasteiger partial charge >= 0.3 is 5.97 Å². The molecule has 0 saturated carbocycles. The molecule has 0 spiro atoms. The minimum atomic E-state index is -0.883. The second-order valence-corrected chi connectivity index (χ2v) is 4.92. The molecule has 0 fully saturated rings. The summed E-state index contributed by atoms with van der Waals surface area (Å²) in [5, 5.41) is 12.8. The van der Waals surface area contributed by atoms with Crippen LogP contribution in [-0.2, 0) is 9.59 Å². The van der Waals surface area contributed by atoms with E-state index < -0.39 is 5.97 Å². The van der Waals surface area contributed by atoms with Crippen LogP contribution >= 0.6 is 11.3 Å². The van der Waals surface area contributed by atoms with Gasteiger partial charge < -0.3 is 15.3 Å². The van der Waals surface area contributed by atoms with Crippen LogP contribution in [0.25, 0.3) is 0 Å². The highest BCUT2D eigenvalue weighted by Gasteiger charge is 2.12. The Morgan fingerprint density at radius 2 is 2.16 bits per heavy atom. The van der Waals surface area contributed by atoms with E-state index >= 15 is 0 Å². The van der Waals surface area contributed by atoms with Crippen molar-refractivity contribution in [1.82, 2.24) is 10.2 Å². The molecule has 104 valence electrons. The summed E-state index contributed by atoms with van der Waals surface area (Å²) in [6.45, 7) is 0.278. The van der Waals surface area contributed by atoms with Gasteiger partial charge in [-0.25, -0.2) is 0 Å². The summed E-state index contributed by atoms with van der Waals surface area (Å²) in [7, 11) is 1.58. The zero-order chi connectivity index (χ0) is 14.3. The largest absolute Gasteiger partial charge is 0.481 e. The van der Waals surface area contributed by atoms with Gasteiger partial charge in [0.05, 0.1) is 11.4 Å². The molecule has 0 aliphatic rings. The Morgan fingerprint density at radius 1 is 1.42 bits per heavy atom. The minimum Gasteiger partial charge on any atom is -0.481 e. The van der Waals surface area contributed by atoms with Gasteiger partial charge in [0.25, 0.3) is 5.91 Å². The Bertz CT molecular complexity index is 445. The number of amides is 2. The Balaban J connectivity index is 2.26. The number of thiophene rings is 1. The lowest BCUT2D eigenvalue weighted by atomic mass is 10.3. The van der Waals surface area contributed by atoms with Crippen molar-refractivity contribution in [2.75, 3.05) is 20.1 Å². The molecule has 1 heterocycles. The predicted octanol–water partition coefficient (Wildman–Crippen LogP) is 0.801. The quantitative estimate of drug-likeness (QED) is 0.775. The van der Waals surface area contributed by atoms with Gasteiger partial charge in [0, 0.05) is 20.0 Å². The molecule has 1 aromatic rings. The van der Waals surface area contributed by atoms with E-state index in [0.29, 0.717) is 17.8 Å². The molecule has 6 nitrogen and oxygen atoms in total. The predicted molar refractivity (Wildman–Crippen MR) is 71.2 cm³/mol. The molecule has 0 aliphatic carbocycles. The van der Waals surface area contributed by atoms with Crippen LogP contribution < -0.4 is 5.32 Å². The lowest BCUT2D eigenvalue weighted by molar-refractivity contribution is -0.137. The number of carbonyl (C=O) groups is 3. The number of likely N-dealkylation sites (N-methyl/N-ethyl adjacent to an activating group) is 1. The maximum atomic E-state index is 11.7. The highest BCUT2D eigenvalue weighted by atomic mass is 32.1. The molecular formula is C12H16N2O4S. The molecule has 0 aromatic carbocycles. The summed E-state index contributed by atoms with van der Waals surface area (Å²) < 4.78 is 0. The number of carbonyl (C=O) groups excluding carboxylic acids is 2. The van der Waals surface area contributed by atoms with Gasteiger partial charge in [0.1, 0.15) is 0 Å². The van der Waals surface area contributed by atoms with Crippen molar-refractivity contribution in [3.05, 3.63) is 22.4 Å². The van der Waals surface area contributed by atoms with Crippen molar-refractivity contribution in [2.24, 2.45) is 0 Å². The van der Waals surface area contributed by atoms with Gasteiger partial charge in [0.2, 0.25) is 5.91 Å². The van der Waals surface area contributed by atoms with Crippen LogP contribution in [0.3, 0.4) is 0 Å². The number of aliphatic carboxylic acids is 1. The van der Waals surface area contributed by atoms with Crippen molar-refractivity contribution in [1.29, 1.82) is 0 Å². The van der Waals surface area contributed by atoms with Gasteiger partial charge in [-0.05, 0) is 17.9 Å². The van der Waals surface area contributed by atoms with Crippen LogP contribution in [0.15, 0.2) is 17.5 Å². The average Bonchev–Trinajstić information content (AvgIpc) is 2.88. The first-order chi connectivity index (χ1) is 9.00. The number of carboxylic acid groups (broad SMARTS) is 1. The van der Waals surface area contributed by atoms with E-state index in [0.717, 1.165) is 0 Å². The van der Waals surface area contributed by atoms with Gasteiger partial charge in [0.15, 0.2) is 0 Å². The lowest BCUT2D eigenvalue weighted by Crippen LogP contribution is -2.38. The summed E-state index contributed by atoms with van der Waals surface area (Å²) >= 11 is 1.31. The Labute approximate surface area is 115 Å². The van der Waals surface area contributed by atoms with E-state index in [1.165, 1.54) is 16.2 Å². The Kier molecular flexibility index (Phi) is 6.01. The number of nitrogens with zero attached hydrogens (tertiary/aromatic N) is 1. The van der Waals surface area contributed by atoms with Crippen LogP contribution in [0, 0.1) is 0 Å². The van der Waals surface area contributed by atoms with Crippen LogP contribution in [0.1, 0.15) is 22.5 Å². The zero-order valence-electron chi connectivity index (χ0n) is 10.6. The summed E-state index contributed by atoms with van der Waals surface area (Å²) in [6, 6.07) is 3.44. The maximum Gasteiger partial charge on any atom is 0.303 e. The van der Waals surface area contributed by atoms with Crippen LogP contribution in [0.4, 0.5) is 0 Å². The molecule has 19 heavy (non-hydrogen) atoms. The molecular weight excluding hydrogens is 268 g/mol. The average molecular weight is 284 g/mol. The second kappa shape index (κ2) is 7.52. The topological polar surface area (TPSA) is 86.7 Å². The highest BCUT2D eigenvalue weighted by molar-refractivity contribution is 7.12. The monoisotopic (exact) mass is 284 g/mol. The number of hydrogen-bond acceptors (Lipinski definition) is 4. The fourth-order valence-electron chi connectivity index (χ4n) is 1.38. The van der Waals surface area contributed by atoms with Gasteiger partial charge in [-0.2, -0.15) is 0 Å². The number of rotatable bonds is 7. The van der Waals surface area contributed by atoms with Crippen LogP contribution in [0.5, 0.6) is 0 Å². The molecule has 2 N–H and O–H groups in total. The molecule has 0 unspecified atom stereocenters. The smallest absolute Gasteiger partial charge is 0.303 e. The number of hydrogen-bond donors (Lipinski definition) is 2. The van der Waals surface area contributed by atoms with Gasteiger partial charge in [-0.1, -0.05) is 6.07 Å². The third-order valence-electron chi connectivity index (χ3n) is 2.46. The molecule has 0 aliphatic heterocycles.